The van der Waals surface area contributed by atoms with Gasteiger partial charge in [-0.2, -0.15) is 0 Å². The van der Waals surface area contributed by atoms with Crippen LogP contribution in [-0.4, -0.2) is 43.2 Å². The molecule has 0 spiro atoms. The van der Waals surface area contributed by atoms with E-state index in [4.69, 9.17) is 0 Å². The summed E-state index contributed by atoms with van der Waals surface area (Å²) in [4.78, 5) is 19.7. The molecule has 158 valence electrons. The molecule has 1 amide bonds. The first-order valence-corrected chi connectivity index (χ1v) is 12.2. The van der Waals surface area contributed by atoms with Gasteiger partial charge in [0.2, 0.25) is 5.91 Å². The Morgan fingerprint density at radius 1 is 1.03 bits per heavy atom. The van der Waals surface area contributed by atoms with Crippen LogP contribution >= 0.6 is 0 Å². The van der Waals surface area contributed by atoms with Crippen molar-refractivity contribution >= 4 is 38.2 Å². The molecular formula is C22H26N4O3S. The first kappa shape index (κ1) is 20.4. The third-order valence-corrected chi connectivity index (χ3v) is 6.08. The average Bonchev–Trinajstić information content (AvgIpc) is 3.04. The molecule has 1 fully saturated rings. The molecule has 0 radical (unpaired) electrons. The third kappa shape index (κ3) is 4.64. The molecule has 1 saturated heterocycles. The highest BCUT2D eigenvalue weighted by Crippen LogP contribution is 2.28. The minimum atomic E-state index is -3.28. The van der Waals surface area contributed by atoms with Crippen LogP contribution in [0.1, 0.15) is 25.1 Å². The van der Waals surface area contributed by atoms with Crippen molar-refractivity contribution in [1.82, 2.24) is 9.55 Å². The quantitative estimate of drug-likeness (QED) is 0.654. The Labute approximate surface area is 176 Å². The van der Waals surface area contributed by atoms with E-state index in [0.717, 1.165) is 42.8 Å². The van der Waals surface area contributed by atoms with E-state index in [1.807, 2.05) is 48.5 Å². The van der Waals surface area contributed by atoms with Gasteiger partial charge in [0.1, 0.15) is 18.1 Å². The number of imidazole rings is 1. The van der Waals surface area contributed by atoms with Crippen LogP contribution in [0.5, 0.6) is 0 Å². The van der Waals surface area contributed by atoms with Gasteiger partial charge in [0.25, 0.3) is 0 Å². The minimum absolute atomic E-state index is 0.000297. The van der Waals surface area contributed by atoms with Crippen molar-refractivity contribution in [2.75, 3.05) is 29.6 Å². The Morgan fingerprint density at radius 2 is 1.73 bits per heavy atom. The number of fused-ring (bicyclic) bond motifs is 1. The molecule has 0 saturated carbocycles. The number of amides is 1. The van der Waals surface area contributed by atoms with Crippen molar-refractivity contribution < 1.29 is 13.2 Å². The Bertz CT molecular complexity index is 1160. The fourth-order valence-corrected chi connectivity index (χ4v) is 4.66. The number of carbonyl (C=O) groups is 1. The largest absolute Gasteiger partial charge is 0.370 e. The molecule has 4 rings (SSSR count). The predicted octanol–water partition coefficient (Wildman–Crippen LogP) is 3.21. The molecular weight excluding hydrogens is 400 g/mol. The van der Waals surface area contributed by atoms with Gasteiger partial charge in [0, 0.05) is 19.3 Å². The standard InChI is InChI=1S/C22H26N4O3S/c1-30(28,29)16-21-23-18-10-4-6-12-20(18)26(21)15-22(27)24-17-9-3-5-11-19(17)25-13-7-2-8-14-25/h3-6,9-12H,2,7-8,13-16H2,1H3,(H,24,27). The maximum atomic E-state index is 12.9. The first-order valence-electron chi connectivity index (χ1n) is 10.2. The van der Waals surface area contributed by atoms with E-state index >= 15 is 0 Å². The lowest BCUT2D eigenvalue weighted by atomic mass is 10.1. The van der Waals surface area contributed by atoms with Crippen LogP contribution in [0.15, 0.2) is 48.5 Å². The monoisotopic (exact) mass is 426 g/mol. The molecule has 8 heteroatoms. The lowest BCUT2D eigenvalue weighted by Crippen LogP contribution is -2.30. The van der Waals surface area contributed by atoms with Gasteiger partial charge in [-0.25, -0.2) is 13.4 Å². The number of benzene rings is 2. The number of piperidine rings is 1. The zero-order valence-corrected chi connectivity index (χ0v) is 17.9. The van der Waals surface area contributed by atoms with Crippen molar-refractivity contribution in [2.45, 2.75) is 31.6 Å². The van der Waals surface area contributed by atoms with E-state index in [9.17, 15) is 13.2 Å². The van der Waals surface area contributed by atoms with E-state index in [0.29, 0.717) is 11.3 Å². The molecule has 0 aliphatic carbocycles. The number of anilines is 2. The SMILES string of the molecule is CS(=O)(=O)Cc1nc2ccccc2n1CC(=O)Nc1ccccc1N1CCCCC1. The number of hydrogen-bond donors (Lipinski definition) is 1. The first-order chi connectivity index (χ1) is 14.4. The lowest BCUT2D eigenvalue weighted by Gasteiger charge is -2.30. The van der Waals surface area contributed by atoms with Crippen LogP contribution in [-0.2, 0) is 26.9 Å². The highest BCUT2D eigenvalue weighted by atomic mass is 32.2. The molecule has 1 aliphatic heterocycles. The number of carbonyl (C=O) groups excluding carboxylic acids is 1. The summed E-state index contributed by atoms with van der Waals surface area (Å²) in [6.07, 6.45) is 4.71. The Balaban J connectivity index is 1.59. The van der Waals surface area contributed by atoms with Crippen LogP contribution in [0, 0.1) is 0 Å². The summed E-state index contributed by atoms with van der Waals surface area (Å²) < 4.78 is 25.4. The summed E-state index contributed by atoms with van der Waals surface area (Å²) in [6.45, 7) is 1.97. The summed E-state index contributed by atoms with van der Waals surface area (Å²) in [6, 6.07) is 15.2. The van der Waals surface area contributed by atoms with Crippen molar-refractivity contribution in [3.63, 3.8) is 0 Å². The fraction of sp³-hybridized carbons (Fsp3) is 0.364. The molecule has 2 aromatic carbocycles. The van der Waals surface area contributed by atoms with Gasteiger partial charge in [0.05, 0.1) is 22.4 Å². The molecule has 0 unspecified atom stereocenters. The fourth-order valence-electron chi connectivity index (χ4n) is 3.97. The Kier molecular flexibility index (Phi) is 5.76. The van der Waals surface area contributed by atoms with Gasteiger partial charge in [-0.05, 0) is 43.5 Å². The number of rotatable bonds is 6. The van der Waals surface area contributed by atoms with E-state index < -0.39 is 9.84 Å². The summed E-state index contributed by atoms with van der Waals surface area (Å²) in [7, 11) is -3.28. The number of sulfone groups is 1. The second-order valence-corrected chi connectivity index (χ2v) is 9.93. The summed E-state index contributed by atoms with van der Waals surface area (Å²) in [5.41, 5.74) is 3.23. The van der Waals surface area contributed by atoms with Crippen molar-refractivity contribution in [2.24, 2.45) is 0 Å². The molecule has 2 heterocycles. The molecule has 1 aliphatic rings. The van der Waals surface area contributed by atoms with E-state index in [1.165, 1.54) is 12.7 Å². The van der Waals surface area contributed by atoms with E-state index in [1.54, 1.807) is 4.57 Å². The van der Waals surface area contributed by atoms with Crippen LogP contribution < -0.4 is 10.2 Å². The van der Waals surface area contributed by atoms with Gasteiger partial charge in [-0.3, -0.25) is 4.79 Å². The van der Waals surface area contributed by atoms with E-state index in [2.05, 4.69) is 15.2 Å². The van der Waals surface area contributed by atoms with Gasteiger partial charge in [-0.1, -0.05) is 24.3 Å². The zero-order chi connectivity index (χ0) is 21.1. The molecule has 0 bridgehead atoms. The predicted molar refractivity (Wildman–Crippen MR) is 119 cm³/mol. The van der Waals surface area contributed by atoms with Crippen molar-refractivity contribution in [3.05, 3.63) is 54.4 Å². The second-order valence-electron chi connectivity index (χ2n) is 7.79. The van der Waals surface area contributed by atoms with Gasteiger partial charge in [-0.15, -0.1) is 0 Å². The van der Waals surface area contributed by atoms with Gasteiger partial charge < -0.3 is 14.8 Å². The summed E-state index contributed by atoms with van der Waals surface area (Å²) in [5, 5.41) is 3.02. The van der Waals surface area contributed by atoms with Crippen LogP contribution in [0.25, 0.3) is 11.0 Å². The van der Waals surface area contributed by atoms with E-state index in [-0.39, 0.29) is 18.2 Å². The maximum absolute atomic E-state index is 12.9. The van der Waals surface area contributed by atoms with Crippen LogP contribution in [0.3, 0.4) is 0 Å². The van der Waals surface area contributed by atoms with Crippen LogP contribution in [0.4, 0.5) is 11.4 Å². The van der Waals surface area contributed by atoms with Crippen molar-refractivity contribution in [1.29, 1.82) is 0 Å². The summed E-state index contributed by atoms with van der Waals surface area (Å²) >= 11 is 0. The topological polar surface area (TPSA) is 84.3 Å². The molecule has 1 N–H and O–H groups in total. The smallest absolute Gasteiger partial charge is 0.244 e. The zero-order valence-electron chi connectivity index (χ0n) is 17.0. The lowest BCUT2D eigenvalue weighted by molar-refractivity contribution is -0.116. The molecule has 1 aromatic heterocycles. The number of aromatic nitrogens is 2. The third-order valence-electron chi connectivity index (χ3n) is 5.30. The highest BCUT2D eigenvalue weighted by Gasteiger charge is 2.19. The summed E-state index contributed by atoms with van der Waals surface area (Å²) in [5.74, 6) is -0.0465. The van der Waals surface area contributed by atoms with Gasteiger partial charge in [0.15, 0.2) is 9.84 Å². The highest BCUT2D eigenvalue weighted by molar-refractivity contribution is 7.89. The normalized spacial score (nSPS) is 14.8. The molecule has 30 heavy (non-hydrogen) atoms. The number of hydrogen-bond acceptors (Lipinski definition) is 5. The van der Waals surface area contributed by atoms with Crippen molar-refractivity contribution in [3.8, 4) is 0 Å². The number of nitrogens with one attached hydrogen (secondary N) is 1. The number of para-hydroxylation sites is 4. The maximum Gasteiger partial charge on any atom is 0.244 e. The molecule has 0 atom stereocenters. The Hall–Kier alpha value is -2.87. The molecule has 7 nitrogen and oxygen atoms in total. The average molecular weight is 427 g/mol. The number of nitrogens with zero attached hydrogens (tertiary/aromatic N) is 3. The molecule has 3 aromatic rings. The second kappa shape index (κ2) is 8.47. The van der Waals surface area contributed by atoms with Crippen LogP contribution in [0.2, 0.25) is 0 Å². The van der Waals surface area contributed by atoms with Gasteiger partial charge >= 0.3 is 0 Å². The Morgan fingerprint density at radius 3 is 2.50 bits per heavy atom. The minimum Gasteiger partial charge on any atom is -0.370 e.